The first-order valence-electron chi connectivity index (χ1n) is 7.93. The summed E-state index contributed by atoms with van der Waals surface area (Å²) in [6, 6.07) is 10.7. The van der Waals surface area contributed by atoms with Crippen molar-refractivity contribution in [3.63, 3.8) is 0 Å². The number of halogens is 1. The van der Waals surface area contributed by atoms with Crippen molar-refractivity contribution in [3.8, 4) is 0 Å². The molecule has 1 saturated carbocycles. The van der Waals surface area contributed by atoms with Gasteiger partial charge < -0.3 is 5.11 Å². The summed E-state index contributed by atoms with van der Waals surface area (Å²) in [4.78, 5) is 0. The lowest BCUT2D eigenvalue weighted by atomic mass is 9.72. The maximum atomic E-state index is 13.9. The van der Waals surface area contributed by atoms with E-state index in [2.05, 4.69) is 13.8 Å². The maximum absolute atomic E-state index is 13.9. The van der Waals surface area contributed by atoms with E-state index in [4.69, 9.17) is 0 Å². The average Bonchev–Trinajstić information content (AvgIpc) is 2.50. The van der Waals surface area contributed by atoms with E-state index in [0.717, 1.165) is 29.7 Å². The van der Waals surface area contributed by atoms with E-state index in [1.807, 2.05) is 18.2 Å². The number of hydrogen-bond acceptors (Lipinski definition) is 1. The highest BCUT2D eigenvalue weighted by Gasteiger charge is 2.30. The Morgan fingerprint density at radius 2 is 1.71 bits per heavy atom. The van der Waals surface area contributed by atoms with Gasteiger partial charge in [-0.3, -0.25) is 0 Å². The van der Waals surface area contributed by atoms with Crippen LogP contribution < -0.4 is 0 Å². The van der Waals surface area contributed by atoms with E-state index >= 15 is 0 Å². The topological polar surface area (TPSA) is 20.2 Å². The zero-order chi connectivity index (χ0) is 15.0. The predicted molar refractivity (Wildman–Crippen MR) is 84.5 cm³/mol. The molecule has 0 saturated heterocycles. The Balaban J connectivity index is 1.95. The Labute approximate surface area is 125 Å². The molecule has 0 spiro atoms. The molecule has 1 N–H and O–H groups in total. The first-order valence-corrected chi connectivity index (χ1v) is 7.93. The van der Waals surface area contributed by atoms with Crippen LogP contribution in [0.1, 0.15) is 44.8 Å². The van der Waals surface area contributed by atoms with Crippen LogP contribution in [0.4, 0.5) is 4.39 Å². The number of benzene rings is 2. The van der Waals surface area contributed by atoms with Crippen molar-refractivity contribution < 1.29 is 9.50 Å². The Bertz CT molecular complexity index is 636. The summed E-state index contributed by atoms with van der Waals surface area (Å²) >= 11 is 0. The lowest BCUT2D eigenvalue weighted by Crippen LogP contribution is -2.25. The number of aliphatic hydroxyl groups is 1. The summed E-state index contributed by atoms with van der Waals surface area (Å²) in [5.74, 6) is 1.45. The highest BCUT2D eigenvalue weighted by Crippen LogP contribution is 2.41. The van der Waals surface area contributed by atoms with Gasteiger partial charge in [0.1, 0.15) is 5.82 Å². The molecule has 0 aromatic heterocycles. The molecule has 2 heteroatoms. The average molecular weight is 286 g/mol. The monoisotopic (exact) mass is 286 g/mol. The van der Waals surface area contributed by atoms with Crippen molar-refractivity contribution in [2.75, 3.05) is 0 Å². The third-order valence-corrected chi connectivity index (χ3v) is 5.31. The summed E-state index contributed by atoms with van der Waals surface area (Å²) in [7, 11) is 0. The molecular formula is C19H23FO. The molecule has 0 heterocycles. The third-order valence-electron chi connectivity index (χ3n) is 5.31. The van der Waals surface area contributed by atoms with Crippen LogP contribution in [0, 0.1) is 23.6 Å². The second-order valence-corrected chi connectivity index (χ2v) is 6.65. The molecule has 0 radical (unpaired) electrons. The highest BCUT2D eigenvalue weighted by molar-refractivity contribution is 5.86. The van der Waals surface area contributed by atoms with Gasteiger partial charge in [0, 0.05) is 5.39 Å². The quantitative estimate of drug-likeness (QED) is 0.815. The summed E-state index contributed by atoms with van der Waals surface area (Å²) in [6.45, 7) is 4.56. The molecule has 0 amide bonds. The van der Waals surface area contributed by atoms with Gasteiger partial charge >= 0.3 is 0 Å². The van der Waals surface area contributed by atoms with Crippen LogP contribution in [0.3, 0.4) is 0 Å². The van der Waals surface area contributed by atoms with Crippen LogP contribution >= 0.6 is 0 Å². The molecule has 4 atom stereocenters. The SMILES string of the molecule is CC1CCC(C(O)c2ccc(F)c3ccccc23)CC1C. The number of aliphatic hydroxyl groups excluding tert-OH is 1. The number of rotatable bonds is 2. The van der Waals surface area contributed by atoms with Crippen LogP contribution in [0.25, 0.3) is 10.8 Å². The Morgan fingerprint density at radius 1 is 1.00 bits per heavy atom. The van der Waals surface area contributed by atoms with Crippen LogP contribution in [0.15, 0.2) is 36.4 Å². The number of hydrogen-bond donors (Lipinski definition) is 1. The molecule has 21 heavy (non-hydrogen) atoms. The van der Waals surface area contributed by atoms with Crippen molar-refractivity contribution in [2.45, 2.75) is 39.2 Å². The minimum Gasteiger partial charge on any atom is -0.388 e. The Morgan fingerprint density at radius 3 is 2.43 bits per heavy atom. The summed E-state index contributed by atoms with van der Waals surface area (Å²) in [5.41, 5.74) is 0.874. The lowest BCUT2D eigenvalue weighted by Gasteiger charge is -2.35. The minimum atomic E-state index is -0.495. The van der Waals surface area contributed by atoms with Crippen molar-refractivity contribution >= 4 is 10.8 Å². The van der Waals surface area contributed by atoms with Crippen LogP contribution in [-0.2, 0) is 0 Å². The highest BCUT2D eigenvalue weighted by atomic mass is 19.1. The van der Waals surface area contributed by atoms with Crippen molar-refractivity contribution in [2.24, 2.45) is 17.8 Å². The first-order chi connectivity index (χ1) is 10.1. The summed E-state index contributed by atoms with van der Waals surface area (Å²) in [5, 5.41) is 12.3. The van der Waals surface area contributed by atoms with Crippen LogP contribution in [0.2, 0.25) is 0 Å². The van der Waals surface area contributed by atoms with Gasteiger partial charge in [-0.15, -0.1) is 0 Å². The molecule has 2 aromatic rings. The second-order valence-electron chi connectivity index (χ2n) is 6.65. The van der Waals surface area contributed by atoms with Gasteiger partial charge in [-0.25, -0.2) is 4.39 Å². The Kier molecular flexibility index (Phi) is 3.99. The van der Waals surface area contributed by atoms with E-state index in [-0.39, 0.29) is 11.7 Å². The van der Waals surface area contributed by atoms with E-state index in [0.29, 0.717) is 11.3 Å². The van der Waals surface area contributed by atoms with E-state index < -0.39 is 6.10 Å². The van der Waals surface area contributed by atoms with Crippen LogP contribution in [-0.4, -0.2) is 5.11 Å². The Hall–Kier alpha value is -1.41. The first kappa shape index (κ1) is 14.5. The van der Waals surface area contributed by atoms with Gasteiger partial charge in [-0.2, -0.15) is 0 Å². The normalized spacial score (nSPS) is 27.7. The third kappa shape index (κ3) is 2.69. The van der Waals surface area contributed by atoms with Gasteiger partial charge in [0.15, 0.2) is 0 Å². The van der Waals surface area contributed by atoms with E-state index in [9.17, 15) is 9.50 Å². The molecule has 2 aromatic carbocycles. The molecule has 0 bridgehead atoms. The van der Waals surface area contributed by atoms with Crippen molar-refractivity contribution in [1.82, 2.24) is 0 Å². The maximum Gasteiger partial charge on any atom is 0.131 e. The van der Waals surface area contributed by atoms with Gasteiger partial charge in [0.05, 0.1) is 6.10 Å². The fourth-order valence-electron chi connectivity index (χ4n) is 3.67. The van der Waals surface area contributed by atoms with Gasteiger partial charge in [-0.1, -0.05) is 50.6 Å². The fraction of sp³-hybridized carbons (Fsp3) is 0.474. The summed E-state index contributed by atoms with van der Waals surface area (Å²) < 4.78 is 13.9. The van der Waals surface area contributed by atoms with Gasteiger partial charge in [-0.05, 0) is 47.6 Å². The predicted octanol–water partition coefficient (Wildman–Crippen LogP) is 5.08. The van der Waals surface area contributed by atoms with E-state index in [1.54, 1.807) is 12.1 Å². The molecule has 1 fully saturated rings. The zero-order valence-corrected chi connectivity index (χ0v) is 12.7. The molecule has 1 aliphatic carbocycles. The largest absolute Gasteiger partial charge is 0.388 e. The molecule has 112 valence electrons. The van der Waals surface area contributed by atoms with Crippen molar-refractivity contribution in [1.29, 1.82) is 0 Å². The van der Waals surface area contributed by atoms with E-state index in [1.165, 1.54) is 12.5 Å². The van der Waals surface area contributed by atoms with Crippen LogP contribution in [0.5, 0.6) is 0 Å². The van der Waals surface area contributed by atoms with Gasteiger partial charge in [0.25, 0.3) is 0 Å². The smallest absolute Gasteiger partial charge is 0.131 e. The minimum absolute atomic E-state index is 0.216. The standard InChI is InChI=1S/C19H23FO/c1-12-7-8-14(11-13(12)2)19(21)17-9-10-18(20)16-6-4-3-5-15(16)17/h3-6,9-10,12-14,19,21H,7-8,11H2,1-2H3. The second kappa shape index (κ2) is 5.76. The number of fused-ring (bicyclic) bond motifs is 1. The zero-order valence-electron chi connectivity index (χ0n) is 12.7. The molecule has 1 aliphatic rings. The molecular weight excluding hydrogens is 263 g/mol. The summed E-state index contributed by atoms with van der Waals surface area (Å²) in [6.07, 6.45) is 2.78. The molecule has 1 nitrogen and oxygen atoms in total. The van der Waals surface area contributed by atoms with Crippen molar-refractivity contribution in [3.05, 3.63) is 47.8 Å². The van der Waals surface area contributed by atoms with Gasteiger partial charge in [0.2, 0.25) is 0 Å². The molecule has 4 unspecified atom stereocenters. The fourth-order valence-corrected chi connectivity index (χ4v) is 3.67. The molecule has 3 rings (SSSR count). The molecule has 0 aliphatic heterocycles. The lowest BCUT2D eigenvalue weighted by molar-refractivity contribution is 0.0571.